The smallest absolute Gasteiger partial charge is 0.251 e. The van der Waals surface area contributed by atoms with Crippen LogP contribution in [-0.4, -0.2) is 25.3 Å². The molecule has 0 saturated heterocycles. The highest BCUT2D eigenvalue weighted by molar-refractivity contribution is 5.72. The molecule has 0 unspecified atom stereocenters. The number of oxazole rings is 1. The van der Waals surface area contributed by atoms with Crippen molar-refractivity contribution in [3.05, 3.63) is 84.1 Å². The number of nitrogens with zero attached hydrogens (tertiary/aromatic N) is 5. The predicted octanol–water partition coefficient (Wildman–Crippen LogP) is 5.07. The van der Waals surface area contributed by atoms with Crippen molar-refractivity contribution in [2.24, 2.45) is 0 Å². The zero-order valence-electron chi connectivity index (χ0n) is 17.1. The fraction of sp³-hybridized carbons (Fsp3) is 0.130. The summed E-state index contributed by atoms with van der Waals surface area (Å²) in [5, 5.41) is 11.2. The number of nitrogens with one attached hydrogen (secondary N) is 1. The third-order valence-electron chi connectivity index (χ3n) is 5.22. The molecule has 0 saturated carbocycles. The number of aryl methyl sites for hydroxylation is 1. The summed E-state index contributed by atoms with van der Waals surface area (Å²) in [6.07, 6.45) is 4.75. The third kappa shape index (κ3) is 3.59. The average Bonchev–Trinajstić information content (AvgIpc) is 3.57. The molecular weight excluding hydrogens is 392 g/mol. The van der Waals surface area contributed by atoms with Gasteiger partial charge in [-0.05, 0) is 42.7 Å². The molecule has 5 aromatic rings. The fourth-order valence-electron chi connectivity index (χ4n) is 3.51. The molecule has 3 heterocycles. The van der Waals surface area contributed by atoms with E-state index in [-0.39, 0.29) is 0 Å². The first kappa shape index (κ1) is 18.8. The van der Waals surface area contributed by atoms with Crippen LogP contribution in [0.3, 0.4) is 0 Å². The van der Waals surface area contributed by atoms with Gasteiger partial charge in [0.2, 0.25) is 11.8 Å². The lowest BCUT2D eigenvalue weighted by Gasteiger charge is -2.21. The second-order valence-corrected chi connectivity index (χ2v) is 7.16. The molecule has 0 bridgehead atoms. The Morgan fingerprint density at radius 2 is 1.87 bits per heavy atom. The van der Waals surface area contributed by atoms with Gasteiger partial charge in [-0.15, -0.1) is 5.10 Å². The van der Waals surface area contributed by atoms with Crippen LogP contribution in [-0.2, 0) is 6.54 Å². The monoisotopic (exact) mass is 412 g/mol. The summed E-state index contributed by atoms with van der Waals surface area (Å²) < 4.78 is 11.2. The number of aromatic amines is 1. The Hall–Kier alpha value is -4.20. The van der Waals surface area contributed by atoms with Gasteiger partial charge in [-0.25, -0.2) is 9.97 Å². The van der Waals surface area contributed by atoms with Crippen molar-refractivity contribution in [2.45, 2.75) is 20.4 Å². The number of hydrogen-bond acceptors (Lipinski definition) is 7. The lowest BCUT2D eigenvalue weighted by Crippen LogP contribution is -2.19. The normalized spacial score (nSPS) is 11.0. The summed E-state index contributed by atoms with van der Waals surface area (Å²) in [4.78, 5) is 10.6. The van der Waals surface area contributed by atoms with Crippen molar-refractivity contribution in [2.75, 3.05) is 4.90 Å². The molecule has 3 aromatic heterocycles. The van der Waals surface area contributed by atoms with Crippen LogP contribution in [0.5, 0.6) is 0 Å². The summed E-state index contributed by atoms with van der Waals surface area (Å²) in [7, 11) is 0. The van der Waals surface area contributed by atoms with Crippen molar-refractivity contribution in [3.8, 4) is 22.6 Å². The van der Waals surface area contributed by atoms with Gasteiger partial charge in [-0.1, -0.05) is 41.6 Å². The Morgan fingerprint density at radius 1 is 1.00 bits per heavy atom. The second-order valence-electron chi connectivity index (χ2n) is 7.16. The maximum Gasteiger partial charge on any atom is 0.251 e. The minimum absolute atomic E-state index is 0.464. The number of aromatic nitrogens is 5. The van der Waals surface area contributed by atoms with Crippen molar-refractivity contribution in [1.29, 1.82) is 0 Å². The maximum absolute atomic E-state index is 5.65. The first-order chi connectivity index (χ1) is 15.2. The highest BCUT2D eigenvalue weighted by atomic mass is 16.5. The molecular formula is C23H20N6O2. The van der Waals surface area contributed by atoms with Crippen LogP contribution in [0.2, 0.25) is 0 Å². The number of rotatable bonds is 6. The Labute approximate surface area is 178 Å². The molecule has 0 radical (unpaired) electrons. The summed E-state index contributed by atoms with van der Waals surface area (Å²) in [5.41, 5.74) is 5.89. The highest BCUT2D eigenvalue weighted by Crippen LogP contribution is 2.34. The van der Waals surface area contributed by atoms with Crippen LogP contribution < -0.4 is 4.90 Å². The van der Waals surface area contributed by atoms with Crippen molar-refractivity contribution in [3.63, 3.8) is 0 Å². The molecule has 31 heavy (non-hydrogen) atoms. The molecule has 2 aromatic carbocycles. The SMILES string of the molecule is Cc1noc(N(Cc2cc(-c3ncco3)ccc2-c2ccccc2)c2nc[nH]n2)c1C. The lowest BCUT2D eigenvalue weighted by atomic mass is 9.97. The van der Waals surface area contributed by atoms with Crippen molar-refractivity contribution in [1.82, 2.24) is 25.3 Å². The van der Waals surface area contributed by atoms with Crippen LogP contribution in [0.25, 0.3) is 22.6 Å². The van der Waals surface area contributed by atoms with E-state index in [0.29, 0.717) is 24.3 Å². The molecule has 154 valence electrons. The molecule has 1 N–H and O–H groups in total. The molecule has 0 atom stereocenters. The first-order valence-corrected chi connectivity index (χ1v) is 9.85. The Morgan fingerprint density at radius 3 is 2.55 bits per heavy atom. The molecule has 0 fully saturated rings. The van der Waals surface area contributed by atoms with E-state index in [1.54, 1.807) is 18.8 Å². The van der Waals surface area contributed by atoms with Gasteiger partial charge in [-0.3, -0.25) is 10.00 Å². The van der Waals surface area contributed by atoms with E-state index >= 15 is 0 Å². The zero-order valence-corrected chi connectivity index (χ0v) is 17.1. The van der Waals surface area contributed by atoms with Gasteiger partial charge in [-0.2, -0.15) is 0 Å². The maximum atomic E-state index is 5.65. The topological polar surface area (TPSA) is 96.9 Å². The van der Waals surface area contributed by atoms with E-state index in [1.165, 1.54) is 0 Å². The summed E-state index contributed by atoms with van der Waals surface area (Å²) in [6, 6.07) is 16.4. The summed E-state index contributed by atoms with van der Waals surface area (Å²) in [5.74, 6) is 1.68. The second kappa shape index (κ2) is 7.91. The van der Waals surface area contributed by atoms with Gasteiger partial charge in [0.25, 0.3) is 5.95 Å². The van der Waals surface area contributed by atoms with Crippen LogP contribution in [0, 0.1) is 13.8 Å². The standard InChI is InChI=1S/C23H20N6O2/c1-15-16(2)28-31-22(15)29(23-25-14-26-27-23)13-19-12-18(21-24-10-11-30-21)8-9-20(19)17-6-4-3-5-7-17/h3-12,14H,13H2,1-2H3,(H,25,26,27). The van der Waals surface area contributed by atoms with Gasteiger partial charge >= 0.3 is 0 Å². The molecule has 0 amide bonds. The molecule has 8 nitrogen and oxygen atoms in total. The van der Waals surface area contributed by atoms with Crippen molar-refractivity contribution < 1.29 is 8.94 Å². The van der Waals surface area contributed by atoms with Crippen LogP contribution in [0.4, 0.5) is 11.8 Å². The average molecular weight is 412 g/mol. The third-order valence-corrected chi connectivity index (χ3v) is 5.22. The van der Waals surface area contributed by atoms with E-state index in [0.717, 1.165) is 33.5 Å². The minimum atomic E-state index is 0.464. The summed E-state index contributed by atoms with van der Waals surface area (Å²) >= 11 is 0. The largest absolute Gasteiger partial charge is 0.445 e. The molecule has 0 spiro atoms. The summed E-state index contributed by atoms with van der Waals surface area (Å²) in [6.45, 7) is 4.35. The number of H-pyrrole nitrogens is 1. The first-order valence-electron chi connectivity index (χ1n) is 9.85. The van der Waals surface area contributed by atoms with Gasteiger partial charge in [0.1, 0.15) is 12.6 Å². The van der Waals surface area contributed by atoms with Crippen LogP contribution >= 0.6 is 0 Å². The van der Waals surface area contributed by atoms with Gasteiger partial charge < -0.3 is 8.94 Å². The number of anilines is 2. The lowest BCUT2D eigenvalue weighted by molar-refractivity contribution is 0.416. The van der Waals surface area contributed by atoms with Crippen LogP contribution in [0.15, 0.2) is 76.3 Å². The molecule has 0 aliphatic carbocycles. The van der Waals surface area contributed by atoms with E-state index in [2.05, 4.69) is 49.6 Å². The highest BCUT2D eigenvalue weighted by Gasteiger charge is 2.23. The van der Waals surface area contributed by atoms with E-state index in [9.17, 15) is 0 Å². The molecule has 0 aliphatic rings. The molecule has 0 aliphatic heterocycles. The van der Waals surface area contributed by atoms with E-state index < -0.39 is 0 Å². The van der Waals surface area contributed by atoms with Gasteiger partial charge in [0.05, 0.1) is 18.4 Å². The molecule has 8 heteroatoms. The van der Waals surface area contributed by atoms with E-state index in [1.807, 2.05) is 43.0 Å². The number of benzene rings is 2. The Kier molecular flexibility index (Phi) is 4.80. The van der Waals surface area contributed by atoms with Crippen molar-refractivity contribution >= 4 is 11.8 Å². The predicted molar refractivity (Wildman–Crippen MR) is 116 cm³/mol. The fourth-order valence-corrected chi connectivity index (χ4v) is 3.51. The van der Waals surface area contributed by atoms with E-state index in [4.69, 9.17) is 8.94 Å². The van der Waals surface area contributed by atoms with Crippen LogP contribution in [0.1, 0.15) is 16.8 Å². The Bertz CT molecular complexity index is 1280. The Balaban J connectivity index is 1.64. The quantitative estimate of drug-likeness (QED) is 0.416. The van der Waals surface area contributed by atoms with Gasteiger partial charge in [0, 0.05) is 11.1 Å². The minimum Gasteiger partial charge on any atom is -0.445 e. The molecule has 5 rings (SSSR count). The number of hydrogen-bond donors (Lipinski definition) is 1. The van der Waals surface area contributed by atoms with Gasteiger partial charge in [0.15, 0.2) is 0 Å². The zero-order chi connectivity index (χ0) is 21.2.